The monoisotopic (exact) mass is 446 g/mol. The van der Waals surface area contributed by atoms with Gasteiger partial charge in [0.1, 0.15) is 17.6 Å². The number of ether oxygens (including phenoxy) is 1. The van der Waals surface area contributed by atoms with E-state index in [2.05, 4.69) is 5.32 Å². The van der Waals surface area contributed by atoms with Crippen LogP contribution in [0.2, 0.25) is 0 Å². The van der Waals surface area contributed by atoms with Crippen molar-refractivity contribution >= 4 is 17.6 Å². The molecule has 1 unspecified atom stereocenters. The smallest absolute Gasteiger partial charge is 0.251 e. The Balaban J connectivity index is 1.62. The van der Waals surface area contributed by atoms with E-state index in [0.717, 1.165) is 0 Å². The second kappa shape index (κ2) is 9.92. The predicted molar refractivity (Wildman–Crippen MR) is 114 cm³/mol. The average molecular weight is 446 g/mol. The Labute approximate surface area is 185 Å². The summed E-state index contributed by atoms with van der Waals surface area (Å²) in [5.74, 6) is -1.08. The molecule has 0 saturated carbocycles. The van der Waals surface area contributed by atoms with Crippen LogP contribution < -0.4 is 10.1 Å². The minimum atomic E-state index is -0.927. The van der Waals surface area contributed by atoms with Crippen molar-refractivity contribution in [3.05, 3.63) is 53.7 Å². The Bertz CT molecular complexity index is 964. The zero-order valence-electron chi connectivity index (χ0n) is 17.9. The Morgan fingerprint density at radius 2 is 2.19 bits per heavy atom. The van der Waals surface area contributed by atoms with Crippen molar-refractivity contribution in [2.75, 3.05) is 19.7 Å². The number of aliphatic hydroxyl groups is 2. The van der Waals surface area contributed by atoms with Crippen LogP contribution in [0.1, 0.15) is 18.9 Å². The summed E-state index contributed by atoms with van der Waals surface area (Å²) in [5, 5.41) is 29.0. The third-order valence-electron chi connectivity index (χ3n) is 5.38. The molecule has 1 fully saturated rings. The van der Waals surface area contributed by atoms with Crippen molar-refractivity contribution in [1.82, 2.24) is 15.1 Å². The summed E-state index contributed by atoms with van der Waals surface area (Å²) in [6.07, 6.45) is 3.46. The van der Waals surface area contributed by atoms with Gasteiger partial charge in [-0.3, -0.25) is 19.9 Å². The topological polar surface area (TPSA) is 126 Å². The molecule has 9 nitrogen and oxygen atoms in total. The molecule has 2 aliphatic rings. The van der Waals surface area contributed by atoms with E-state index < -0.39 is 23.9 Å². The number of amidine groups is 1. The standard InChI is InChI=1S/C22H27FN4O5/c1-13-4-3-5-18(21(13)23)32-16-9-20(30)26(11-16)17-8-14(2)27(22(17)31)19(24)6-7-25-10-15(29)12-28/h3-7,9,14-15,17,24-25,28-29H,8,10-12H2,1-2H3/b7-6-,24-19?/t14?,15-,17+/m1/s1. The minimum Gasteiger partial charge on any atom is -0.457 e. The first-order chi connectivity index (χ1) is 15.2. The molecule has 2 heterocycles. The molecule has 3 atom stereocenters. The van der Waals surface area contributed by atoms with E-state index in [1.165, 1.54) is 34.2 Å². The zero-order valence-corrected chi connectivity index (χ0v) is 17.9. The number of carbonyl (C=O) groups is 2. The maximum Gasteiger partial charge on any atom is 0.251 e. The number of aryl methyl sites for hydroxylation is 1. The average Bonchev–Trinajstić information content (AvgIpc) is 3.26. The van der Waals surface area contributed by atoms with Crippen LogP contribution in [0.4, 0.5) is 4.39 Å². The molecule has 10 heteroatoms. The normalized spacial score (nSPS) is 22.0. The molecule has 0 spiro atoms. The molecule has 0 radical (unpaired) electrons. The molecule has 0 bridgehead atoms. The summed E-state index contributed by atoms with van der Waals surface area (Å²) < 4.78 is 19.8. The first kappa shape index (κ1) is 23.4. The molecule has 4 N–H and O–H groups in total. The van der Waals surface area contributed by atoms with Crippen molar-refractivity contribution in [2.24, 2.45) is 0 Å². The number of hydrogen-bond donors (Lipinski definition) is 4. The number of likely N-dealkylation sites (tertiary alicyclic amines) is 1. The number of rotatable bonds is 8. The summed E-state index contributed by atoms with van der Waals surface area (Å²) in [4.78, 5) is 28.2. The van der Waals surface area contributed by atoms with Gasteiger partial charge in [-0.05, 0) is 38.0 Å². The SMILES string of the molecule is Cc1cccc(OC2=CC(=O)N([C@H]3CC(C)N(C(=N)/C=C\NC[C@@H](O)CO)C3=O)C2)c1F. The molecule has 1 saturated heterocycles. The van der Waals surface area contributed by atoms with Crippen LogP contribution in [0.3, 0.4) is 0 Å². The Kier molecular flexibility index (Phi) is 7.26. The number of nitrogens with one attached hydrogen (secondary N) is 2. The Morgan fingerprint density at radius 3 is 2.91 bits per heavy atom. The van der Waals surface area contributed by atoms with Gasteiger partial charge in [0.05, 0.1) is 19.3 Å². The molecule has 172 valence electrons. The van der Waals surface area contributed by atoms with Crippen LogP contribution in [0.15, 0.2) is 42.3 Å². The molecule has 0 aromatic heterocycles. The highest BCUT2D eigenvalue weighted by atomic mass is 19.1. The maximum atomic E-state index is 14.2. The van der Waals surface area contributed by atoms with Crippen LogP contribution in [0, 0.1) is 18.2 Å². The molecule has 32 heavy (non-hydrogen) atoms. The van der Waals surface area contributed by atoms with Gasteiger partial charge < -0.3 is 25.2 Å². The summed E-state index contributed by atoms with van der Waals surface area (Å²) in [5.41, 5.74) is 0.423. The second-order valence-corrected chi connectivity index (χ2v) is 7.84. The lowest BCUT2D eigenvalue weighted by atomic mass is 10.1. The molecular formula is C22H27FN4O5. The van der Waals surface area contributed by atoms with Gasteiger partial charge in [0.25, 0.3) is 11.8 Å². The predicted octanol–water partition coefficient (Wildman–Crippen LogP) is 0.662. The first-order valence-electron chi connectivity index (χ1n) is 10.3. The van der Waals surface area contributed by atoms with E-state index in [0.29, 0.717) is 12.0 Å². The van der Waals surface area contributed by atoms with Crippen molar-refractivity contribution < 1.29 is 28.9 Å². The number of benzene rings is 1. The van der Waals surface area contributed by atoms with Gasteiger partial charge in [0.15, 0.2) is 11.6 Å². The summed E-state index contributed by atoms with van der Waals surface area (Å²) in [6.45, 7) is 3.15. The number of aliphatic hydroxyl groups excluding tert-OH is 2. The highest BCUT2D eigenvalue weighted by Gasteiger charge is 2.45. The second-order valence-electron chi connectivity index (χ2n) is 7.84. The van der Waals surface area contributed by atoms with Gasteiger partial charge in [-0.1, -0.05) is 12.1 Å². The molecule has 1 aromatic carbocycles. The van der Waals surface area contributed by atoms with E-state index in [4.69, 9.17) is 15.3 Å². The molecule has 2 aliphatic heterocycles. The quantitative estimate of drug-likeness (QED) is 0.343. The lowest BCUT2D eigenvalue weighted by Gasteiger charge is -2.23. The number of halogens is 1. The van der Waals surface area contributed by atoms with E-state index in [1.807, 2.05) is 0 Å². The van der Waals surface area contributed by atoms with Crippen LogP contribution >= 0.6 is 0 Å². The fourth-order valence-electron chi connectivity index (χ4n) is 3.69. The van der Waals surface area contributed by atoms with Gasteiger partial charge in [-0.15, -0.1) is 0 Å². The van der Waals surface area contributed by atoms with Crippen LogP contribution in [-0.4, -0.2) is 75.5 Å². The van der Waals surface area contributed by atoms with Gasteiger partial charge in [-0.25, -0.2) is 4.39 Å². The van der Waals surface area contributed by atoms with Gasteiger partial charge in [0, 0.05) is 24.9 Å². The van der Waals surface area contributed by atoms with E-state index in [-0.39, 0.29) is 49.0 Å². The van der Waals surface area contributed by atoms with Crippen LogP contribution in [0.25, 0.3) is 0 Å². The fraction of sp³-hybridized carbons (Fsp3) is 0.409. The number of carbonyl (C=O) groups excluding carboxylic acids is 2. The Morgan fingerprint density at radius 1 is 1.44 bits per heavy atom. The molecular weight excluding hydrogens is 419 g/mol. The number of hydrogen-bond acceptors (Lipinski definition) is 7. The third kappa shape index (κ3) is 4.97. The number of nitrogens with zero attached hydrogens (tertiary/aromatic N) is 2. The van der Waals surface area contributed by atoms with Gasteiger partial charge >= 0.3 is 0 Å². The van der Waals surface area contributed by atoms with Crippen LogP contribution in [0.5, 0.6) is 5.75 Å². The highest BCUT2D eigenvalue weighted by Crippen LogP contribution is 2.29. The van der Waals surface area contributed by atoms with Crippen molar-refractivity contribution in [2.45, 2.75) is 38.5 Å². The summed E-state index contributed by atoms with van der Waals surface area (Å²) in [6, 6.07) is 3.68. The molecule has 0 aliphatic carbocycles. The zero-order chi connectivity index (χ0) is 23.4. The maximum absolute atomic E-state index is 14.2. The van der Waals surface area contributed by atoms with Crippen LogP contribution in [-0.2, 0) is 9.59 Å². The minimum absolute atomic E-state index is 0.0179. The lowest BCUT2D eigenvalue weighted by molar-refractivity contribution is -0.136. The van der Waals surface area contributed by atoms with E-state index in [1.54, 1.807) is 26.0 Å². The third-order valence-corrected chi connectivity index (χ3v) is 5.38. The van der Waals surface area contributed by atoms with Crippen molar-refractivity contribution in [3.8, 4) is 5.75 Å². The summed E-state index contributed by atoms with van der Waals surface area (Å²) in [7, 11) is 0. The van der Waals surface area contributed by atoms with Gasteiger partial charge in [-0.2, -0.15) is 0 Å². The first-order valence-corrected chi connectivity index (χ1v) is 10.3. The van der Waals surface area contributed by atoms with Crippen molar-refractivity contribution in [3.63, 3.8) is 0 Å². The van der Waals surface area contributed by atoms with E-state index >= 15 is 0 Å². The highest BCUT2D eigenvalue weighted by molar-refractivity contribution is 6.07. The van der Waals surface area contributed by atoms with Crippen molar-refractivity contribution in [1.29, 1.82) is 5.41 Å². The largest absolute Gasteiger partial charge is 0.457 e. The lowest BCUT2D eigenvalue weighted by Crippen LogP contribution is -2.44. The van der Waals surface area contributed by atoms with E-state index in [9.17, 15) is 19.1 Å². The molecule has 2 amide bonds. The number of amides is 2. The van der Waals surface area contributed by atoms with Gasteiger partial charge in [0.2, 0.25) is 0 Å². The summed E-state index contributed by atoms with van der Waals surface area (Å²) >= 11 is 0. The molecule has 3 rings (SSSR count). The molecule has 1 aromatic rings. The fourth-order valence-corrected chi connectivity index (χ4v) is 3.69. The Hall–Kier alpha value is -3.24.